The van der Waals surface area contributed by atoms with Gasteiger partial charge in [-0.25, -0.2) is 8.42 Å². The zero-order chi connectivity index (χ0) is 18.9. The van der Waals surface area contributed by atoms with Crippen LogP contribution in [0.5, 0.6) is 0 Å². The number of sulfonamides is 1. The van der Waals surface area contributed by atoms with E-state index in [9.17, 15) is 13.2 Å². The first kappa shape index (κ1) is 18.9. The van der Waals surface area contributed by atoms with Gasteiger partial charge in [0.2, 0.25) is 10.0 Å². The van der Waals surface area contributed by atoms with Crippen LogP contribution in [0.1, 0.15) is 18.9 Å². The number of benzene rings is 1. The third-order valence-corrected chi connectivity index (χ3v) is 7.12. The maximum atomic E-state index is 13.3. The molecule has 0 spiro atoms. The Morgan fingerprint density at radius 2 is 1.92 bits per heavy atom. The fourth-order valence-corrected chi connectivity index (χ4v) is 5.75. The SMILES string of the molecule is C=CCN([C@@H]1[C@@H](C(=O)OCC)[C@H]2C=C[C@@H]1C2)S(=O)(=O)c1ccc(C)cc1. The van der Waals surface area contributed by atoms with Crippen molar-refractivity contribution in [2.24, 2.45) is 17.8 Å². The number of nitrogens with zero attached hydrogens (tertiary/aromatic N) is 1. The molecule has 0 radical (unpaired) electrons. The standard InChI is InChI=1S/C20H25NO4S/c1-4-12-21(26(23,24)17-10-6-14(3)7-11-17)19-16-9-8-15(13-16)18(19)20(22)25-5-2/h4,6-11,15-16,18-19H,1,5,12-13H2,2-3H3/t15-,16+,18-,19-/m0/s1. The Labute approximate surface area is 155 Å². The van der Waals surface area contributed by atoms with E-state index in [0.717, 1.165) is 12.0 Å². The van der Waals surface area contributed by atoms with E-state index in [2.05, 4.69) is 6.58 Å². The number of aryl methyl sites for hydroxylation is 1. The summed E-state index contributed by atoms with van der Waals surface area (Å²) in [5.41, 5.74) is 0.992. The molecule has 1 saturated carbocycles. The van der Waals surface area contributed by atoms with Crippen molar-refractivity contribution in [3.05, 3.63) is 54.6 Å². The van der Waals surface area contributed by atoms with Crippen LogP contribution in [0.25, 0.3) is 0 Å². The molecule has 0 unspecified atom stereocenters. The molecular formula is C20H25NO4S. The van der Waals surface area contributed by atoms with Gasteiger partial charge in [-0.1, -0.05) is 35.9 Å². The molecule has 0 amide bonds. The van der Waals surface area contributed by atoms with Gasteiger partial charge in [0.1, 0.15) is 0 Å². The predicted octanol–water partition coefficient (Wildman–Crippen LogP) is 2.93. The number of allylic oxidation sites excluding steroid dienone is 1. The minimum absolute atomic E-state index is 0.0228. The lowest BCUT2D eigenvalue weighted by molar-refractivity contribution is -0.150. The molecule has 0 N–H and O–H groups in total. The molecule has 0 heterocycles. The fourth-order valence-electron chi connectivity index (χ4n) is 4.09. The van der Waals surface area contributed by atoms with E-state index >= 15 is 0 Å². The number of hydrogen-bond acceptors (Lipinski definition) is 4. The molecule has 2 aliphatic rings. The van der Waals surface area contributed by atoms with Crippen LogP contribution in [-0.2, 0) is 19.6 Å². The first-order chi connectivity index (χ1) is 12.4. The van der Waals surface area contributed by atoms with E-state index in [4.69, 9.17) is 4.74 Å². The van der Waals surface area contributed by atoms with Crippen LogP contribution in [0.3, 0.4) is 0 Å². The highest BCUT2D eigenvalue weighted by Crippen LogP contribution is 2.47. The topological polar surface area (TPSA) is 63.7 Å². The third-order valence-electron chi connectivity index (χ3n) is 5.25. The van der Waals surface area contributed by atoms with E-state index in [1.54, 1.807) is 37.3 Å². The number of esters is 1. The first-order valence-electron chi connectivity index (χ1n) is 8.94. The van der Waals surface area contributed by atoms with E-state index in [0.29, 0.717) is 0 Å². The molecule has 1 fully saturated rings. The summed E-state index contributed by atoms with van der Waals surface area (Å²) in [7, 11) is -3.75. The van der Waals surface area contributed by atoms with Crippen LogP contribution in [0, 0.1) is 24.7 Å². The Kier molecular flexibility index (Phi) is 5.34. The number of rotatable bonds is 7. The van der Waals surface area contributed by atoms with Crippen molar-refractivity contribution in [1.82, 2.24) is 4.31 Å². The molecule has 0 aliphatic heterocycles. The Balaban J connectivity index is 2.01. The molecule has 26 heavy (non-hydrogen) atoms. The Bertz CT molecular complexity index is 813. The minimum Gasteiger partial charge on any atom is -0.466 e. The lowest BCUT2D eigenvalue weighted by atomic mass is 9.89. The van der Waals surface area contributed by atoms with Gasteiger partial charge in [0.15, 0.2) is 0 Å². The summed E-state index contributed by atoms with van der Waals surface area (Å²) in [6, 6.07) is 6.35. The summed E-state index contributed by atoms with van der Waals surface area (Å²) in [6.45, 7) is 7.85. The average molecular weight is 375 g/mol. The smallest absolute Gasteiger partial charge is 0.311 e. The second-order valence-electron chi connectivity index (χ2n) is 6.89. The molecule has 6 heteroatoms. The lowest BCUT2D eigenvalue weighted by Crippen LogP contribution is -2.49. The Hall–Kier alpha value is -1.92. The van der Waals surface area contributed by atoms with E-state index in [1.807, 2.05) is 19.1 Å². The molecule has 5 nitrogen and oxygen atoms in total. The van der Waals surface area contributed by atoms with Crippen LogP contribution >= 0.6 is 0 Å². The van der Waals surface area contributed by atoms with Crippen molar-refractivity contribution in [1.29, 1.82) is 0 Å². The predicted molar refractivity (Wildman–Crippen MR) is 99.9 cm³/mol. The van der Waals surface area contributed by atoms with Crippen molar-refractivity contribution in [2.45, 2.75) is 31.2 Å². The van der Waals surface area contributed by atoms with Gasteiger partial charge >= 0.3 is 5.97 Å². The second-order valence-corrected chi connectivity index (χ2v) is 8.78. The highest BCUT2D eigenvalue weighted by atomic mass is 32.2. The van der Waals surface area contributed by atoms with E-state index in [-0.39, 0.29) is 35.9 Å². The van der Waals surface area contributed by atoms with Gasteiger partial charge in [0.25, 0.3) is 0 Å². The van der Waals surface area contributed by atoms with Crippen molar-refractivity contribution in [3.63, 3.8) is 0 Å². The van der Waals surface area contributed by atoms with Crippen LogP contribution in [0.4, 0.5) is 0 Å². The molecule has 1 aromatic rings. The number of carbonyl (C=O) groups is 1. The van der Waals surface area contributed by atoms with Gasteiger partial charge in [0, 0.05) is 12.6 Å². The second kappa shape index (κ2) is 7.37. The van der Waals surface area contributed by atoms with E-state index in [1.165, 1.54) is 4.31 Å². The highest BCUT2D eigenvalue weighted by molar-refractivity contribution is 7.89. The Morgan fingerprint density at radius 3 is 2.54 bits per heavy atom. The molecule has 3 rings (SSSR count). The zero-order valence-corrected chi connectivity index (χ0v) is 16.0. The van der Waals surface area contributed by atoms with Gasteiger partial charge in [0.05, 0.1) is 17.4 Å². The van der Waals surface area contributed by atoms with Crippen molar-refractivity contribution < 1.29 is 17.9 Å². The fraction of sp³-hybridized carbons (Fsp3) is 0.450. The first-order valence-corrected chi connectivity index (χ1v) is 10.4. The molecule has 4 atom stereocenters. The van der Waals surface area contributed by atoms with Gasteiger partial charge in [-0.05, 0) is 44.2 Å². The summed E-state index contributed by atoms with van der Waals surface area (Å²) in [5, 5.41) is 0. The molecule has 2 aliphatic carbocycles. The van der Waals surface area contributed by atoms with Crippen molar-refractivity contribution in [3.8, 4) is 0 Å². The molecule has 140 valence electrons. The zero-order valence-electron chi connectivity index (χ0n) is 15.2. The maximum Gasteiger partial charge on any atom is 0.311 e. The van der Waals surface area contributed by atoms with Crippen molar-refractivity contribution in [2.75, 3.05) is 13.2 Å². The molecular weight excluding hydrogens is 350 g/mol. The van der Waals surface area contributed by atoms with Crippen LogP contribution in [-0.4, -0.2) is 37.9 Å². The number of hydrogen-bond donors (Lipinski definition) is 0. The van der Waals surface area contributed by atoms with Crippen LogP contribution in [0.2, 0.25) is 0 Å². The number of ether oxygens (including phenoxy) is 1. The summed E-state index contributed by atoms with van der Waals surface area (Å²) >= 11 is 0. The van der Waals surface area contributed by atoms with Crippen molar-refractivity contribution >= 4 is 16.0 Å². The maximum absolute atomic E-state index is 13.3. The number of carbonyl (C=O) groups excluding carboxylic acids is 1. The summed E-state index contributed by atoms with van der Waals surface area (Å²) in [6.07, 6.45) is 6.41. The van der Waals surface area contributed by atoms with Gasteiger partial charge < -0.3 is 4.74 Å². The summed E-state index contributed by atoms with van der Waals surface area (Å²) in [4.78, 5) is 12.8. The van der Waals surface area contributed by atoms with Gasteiger partial charge in [-0.3, -0.25) is 4.79 Å². The Morgan fingerprint density at radius 1 is 1.27 bits per heavy atom. The lowest BCUT2D eigenvalue weighted by Gasteiger charge is -2.35. The largest absolute Gasteiger partial charge is 0.466 e. The van der Waals surface area contributed by atoms with Gasteiger partial charge in [-0.15, -0.1) is 6.58 Å². The monoisotopic (exact) mass is 375 g/mol. The molecule has 1 aromatic carbocycles. The minimum atomic E-state index is -3.75. The molecule has 0 aromatic heterocycles. The highest BCUT2D eigenvalue weighted by Gasteiger charge is 2.53. The third kappa shape index (κ3) is 3.23. The molecule has 0 saturated heterocycles. The van der Waals surface area contributed by atoms with Crippen LogP contribution < -0.4 is 0 Å². The summed E-state index contributed by atoms with van der Waals surface area (Å²) < 4.78 is 33.3. The van der Waals surface area contributed by atoms with Crippen LogP contribution in [0.15, 0.2) is 54.0 Å². The number of fused-ring (bicyclic) bond motifs is 2. The average Bonchev–Trinajstić information content (AvgIpc) is 3.21. The van der Waals surface area contributed by atoms with Gasteiger partial charge in [-0.2, -0.15) is 4.31 Å². The normalized spacial score (nSPS) is 27.0. The summed E-state index contributed by atoms with van der Waals surface area (Å²) in [5.74, 6) is -0.730. The van der Waals surface area contributed by atoms with E-state index < -0.39 is 22.0 Å². The molecule has 2 bridgehead atoms. The quantitative estimate of drug-likeness (QED) is 0.543.